The van der Waals surface area contributed by atoms with E-state index in [4.69, 9.17) is 0 Å². The fourth-order valence-electron chi connectivity index (χ4n) is 1.68. The zero-order valence-corrected chi connectivity index (χ0v) is 7.25. The molecule has 1 aliphatic heterocycles. The summed E-state index contributed by atoms with van der Waals surface area (Å²) < 4.78 is 0. The molecule has 64 valence electrons. The Morgan fingerprint density at radius 2 is 2.45 bits per heavy atom. The highest BCUT2D eigenvalue weighted by molar-refractivity contribution is 5.49. The Bertz CT molecular complexity index is 125. The van der Waals surface area contributed by atoms with Crippen molar-refractivity contribution in [1.82, 2.24) is 4.90 Å². The van der Waals surface area contributed by atoms with Crippen LogP contribution in [-0.2, 0) is 4.79 Å². The normalized spacial score (nSPS) is 25.7. The largest absolute Gasteiger partial charge is 0.303 e. The van der Waals surface area contributed by atoms with Gasteiger partial charge in [-0.3, -0.25) is 0 Å². The van der Waals surface area contributed by atoms with Crippen molar-refractivity contribution < 1.29 is 4.79 Å². The molecule has 0 radical (unpaired) electrons. The van der Waals surface area contributed by atoms with Crippen LogP contribution < -0.4 is 0 Å². The third-order valence-corrected chi connectivity index (χ3v) is 2.51. The second-order valence-corrected chi connectivity index (χ2v) is 3.32. The maximum Gasteiger partial charge on any atom is 0.121 e. The molecule has 1 fully saturated rings. The van der Waals surface area contributed by atoms with Gasteiger partial charge in [0.15, 0.2) is 0 Å². The van der Waals surface area contributed by atoms with E-state index in [1.165, 1.54) is 25.9 Å². The van der Waals surface area contributed by atoms with Crippen molar-refractivity contribution in [3.05, 3.63) is 0 Å². The summed E-state index contributed by atoms with van der Waals surface area (Å²) >= 11 is 0. The second-order valence-electron chi connectivity index (χ2n) is 3.32. The first kappa shape index (κ1) is 8.72. The van der Waals surface area contributed by atoms with Gasteiger partial charge in [0.05, 0.1) is 0 Å². The number of rotatable bonds is 4. The van der Waals surface area contributed by atoms with Gasteiger partial charge in [-0.15, -0.1) is 0 Å². The molecule has 0 saturated carbocycles. The molecule has 0 aromatic rings. The predicted octanol–water partition coefficient (Wildman–Crippen LogP) is 1.31. The smallest absolute Gasteiger partial charge is 0.121 e. The Morgan fingerprint density at radius 3 is 3.00 bits per heavy atom. The van der Waals surface area contributed by atoms with Gasteiger partial charge in [-0.1, -0.05) is 13.3 Å². The highest BCUT2D eigenvalue weighted by atomic mass is 16.1. The topological polar surface area (TPSA) is 20.3 Å². The van der Waals surface area contributed by atoms with E-state index in [-0.39, 0.29) is 0 Å². The zero-order valence-electron chi connectivity index (χ0n) is 7.25. The molecule has 0 bridgehead atoms. The van der Waals surface area contributed by atoms with Crippen LogP contribution in [0.15, 0.2) is 0 Å². The Labute approximate surface area is 68.6 Å². The molecule has 1 atom stereocenters. The van der Waals surface area contributed by atoms with Gasteiger partial charge in [0.25, 0.3) is 0 Å². The molecule has 0 aliphatic carbocycles. The van der Waals surface area contributed by atoms with Gasteiger partial charge in [-0.25, -0.2) is 0 Å². The molecule has 0 spiro atoms. The van der Waals surface area contributed by atoms with Crippen LogP contribution >= 0.6 is 0 Å². The van der Waals surface area contributed by atoms with Crippen molar-refractivity contribution >= 4 is 6.29 Å². The van der Waals surface area contributed by atoms with Gasteiger partial charge < -0.3 is 9.69 Å². The summed E-state index contributed by atoms with van der Waals surface area (Å²) in [5.41, 5.74) is 0. The van der Waals surface area contributed by atoms with Crippen LogP contribution in [0.4, 0.5) is 0 Å². The van der Waals surface area contributed by atoms with Crippen molar-refractivity contribution in [1.29, 1.82) is 0 Å². The van der Waals surface area contributed by atoms with E-state index >= 15 is 0 Å². The van der Waals surface area contributed by atoms with Crippen LogP contribution in [0.2, 0.25) is 0 Å². The number of likely N-dealkylation sites (tertiary alicyclic amines) is 1. The lowest BCUT2D eigenvalue weighted by Gasteiger charge is -2.12. The monoisotopic (exact) mass is 155 g/mol. The third kappa shape index (κ3) is 2.62. The van der Waals surface area contributed by atoms with Crippen molar-refractivity contribution in [2.45, 2.75) is 26.2 Å². The minimum absolute atomic E-state index is 0.705. The Kier molecular flexibility index (Phi) is 3.57. The molecule has 0 N–H and O–H groups in total. The van der Waals surface area contributed by atoms with E-state index in [0.717, 1.165) is 18.7 Å². The molecule has 1 unspecified atom stereocenters. The first-order valence-corrected chi connectivity index (χ1v) is 4.52. The van der Waals surface area contributed by atoms with Gasteiger partial charge in [0.1, 0.15) is 6.29 Å². The number of carbonyl (C=O) groups is 1. The molecule has 1 aliphatic rings. The SMILES string of the molecule is CCC1CCN(CCC=O)C1. The summed E-state index contributed by atoms with van der Waals surface area (Å²) in [6, 6.07) is 0. The Morgan fingerprint density at radius 1 is 1.64 bits per heavy atom. The minimum Gasteiger partial charge on any atom is -0.303 e. The third-order valence-electron chi connectivity index (χ3n) is 2.51. The quantitative estimate of drug-likeness (QED) is 0.570. The van der Waals surface area contributed by atoms with Crippen LogP contribution in [0.3, 0.4) is 0 Å². The average Bonchev–Trinajstić information content (AvgIpc) is 2.48. The van der Waals surface area contributed by atoms with Crippen LogP contribution in [-0.4, -0.2) is 30.8 Å². The highest BCUT2D eigenvalue weighted by Gasteiger charge is 2.19. The fraction of sp³-hybridized carbons (Fsp3) is 0.889. The molecule has 0 aromatic carbocycles. The maximum atomic E-state index is 10.1. The molecule has 0 amide bonds. The molecule has 1 saturated heterocycles. The standard InChI is InChI=1S/C9H17NO/c1-2-9-4-6-10(8-9)5-3-7-11/h7,9H,2-6,8H2,1H3. The maximum absolute atomic E-state index is 10.1. The van der Waals surface area contributed by atoms with Gasteiger partial charge in [-0.05, 0) is 18.9 Å². The summed E-state index contributed by atoms with van der Waals surface area (Å²) in [5, 5.41) is 0. The molecule has 1 rings (SSSR count). The first-order valence-electron chi connectivity index (χ1n) is 4.52. The van der Waals surface area contributed by atoms with Crippen LogP contribution in [0.25, 0.3) is 0 Å². The first-order chi connectivity index (χ1) is 5.36. The fourth-order valence-corrected chi connectivity index (χ4v) is 1.68. The summed E-state index contributed by atoms with van der Waals surface area (Å²) in [6.07, 6.45) is 4.34. The average molecular weight is 155 g/mol. The van der Waals surface area contributed by atoms with E-state index in [1.807, 2.05) is 0 Å². The molecular weight excluding hydrogens is 138 g/mol. The molecule has 2 nitrogen and oxygen atoms in total. The minimum atomic E-state index is 0.705. The summed E-state index contributed by atoms with van der Waals surface area (Å²) in [6.45, 7) is 5.63. The van der Waals surface area contributed by atoms with Crippen LogP contribution in [0, 0.1) is 5.92 Å². The Hall–Kier alpha value is -0.370. The summed E-state index contributed by atoms with van der Waals surface area (Å²) in [4.78, 5) is 12.5. The van der Waals surface area contributed by atoms with Crippen molar-refractivity contribution in [3.8, 4) is 0 Å². The van der Waals surface area contributed by atoms with Gasteiger partial charge >= 0.3 is 0 Å². The molecular formula is C9H17NO. The Balaban J connectivity index is 2.13. The molecule has 2 heteroatoms. The van der Waals surface area contributed by atoms with Crippen molar-refractivity contribution in [3.63, 3.8) is 0 Å². The van der Waals surface area contributed by atoms with Gasteiger partial charge in [-0.2, -0.15) is 0 Å². The lowest BCUT2D eigenvalue weighted by molar-refractivity contribution is -0.108. The highest BCUT2D eigenvalue weighted by Crippen LogP contribution is 2.18. The van der Waals surface area contributed by atoms with Crippen LogP contribution in [0.5, 0.6) is 0 Å². The predicted molar refractivity (Wildman–Crippen MR) is 45.5 cm³/mol. The van der Waals surface area contributed by atoms with E-state index < -0.39 is 0 Å². The second kappa shape index (κ2) is 4.50. The van der Waals surface area contributed by atoms with E-state index in [1.54, 1.807) is 0 Å². The van der Waals surface area contributed by atoms with Gasteiger partial charge in [0, 0.05) is 19.5 Å². The number of aldehydes is 1. The lowest BCUT2D eigenvalue weighted by atomic mass is 10.1. The zero-order chi connectivity index (χ0) is 8.10. The molecule has 0 aromatic heterocycles. The summed E-state index contributed by atoms with van der Waals surface area (Å²) in [5.74, 6) is 0.890. The van der Waals surface area contributed by atoms with Crippen molar-refractivity contribution in [2.75, 3.05) is 19.6 Å². The summed E-state index contributed by atoms with van der Waals surface area (Å²) in [7, 11) is 0. The number of hydrogen-bond acceptors (Lipinski definition) is 2. The van der Waals surface area contributed by atoms with E-state index in [9.17, 15) is 4.79 Å². The molecule has 1 heterocycles. The van der Waals surface area contributed by atoms with Crippen molar-refractivity contribution in [2.24, 2.45) is 5.92 Å². The van der Waals surface area contributed by atoms with Crippen LogP contribution in [0.1, 0.15) is 26.2 Å². The lowest BCUT2D eigenvalue weighted by Crippen LogP contribution is -2.21. The molecule has 11 heavy (non-hydrogen) atoms. The van der Waals surface area contributed by atoms with E-state index in [0.29, 0.717) is 6.42 Å². The number of nitrogens with zero attached hydrogens (tertiary/aromatic N) is 1. The van der Waals surface area contributed by atoms with Gasteiger partial charge in [0.2, 0.25) is 0 Å². The number of carbonyl (C=O) groups excluding carboxylic acids is 1. The number of hydrogen-bond donors (Lipinski definition) is 0. The van der Waals surface area contributed by atoms with E-state index in [2.05, 4.69) is 11.8 Å².